The first-order valence-corrected chi connectivity index (χ1v) is 14.3. The summed E-state index contributed by atoms with van der Waals surface area (Å²) >= 11 is 0. The number of hydrogen-bond acceptors (Lipinski definition) is 7. The van der Waals surface area contributed by atoms with Crippen LogP contribution in [0.2, 0.25) is 0 Å². The molecule has 10 heteroatoms. The van der Waals surface area contributed by atoms with Crippen LogP contribution in [0.25, 0.3) is 0 Å². The third kappa shape index (κ3) is 4.32. The van der Waals surface area contributed by atoms with Crippen molar-refractivity contribution in [1.82, 2.24) is 10.2 Å². The van der Waals surface area contributed by atoms with Gasteiger partial charge in [0.05, 0.1) is 25.0 Å². The Morgan fingerprint density at radius 1 is 1.02 bits per heavy atom. The predicted molar refractivity (Wildman–Crippen MR) is 147 cm³/mol. The minimum absolute atomic E-state index is 0.0611. The van der Waals surface area contributed by atoms with Gasteiger partial charge in [0.15, 0.2) is 11.5 Å². The number of nitrogens with zero attached hydrogens (tertiary/aromatic N) is 1. The molecule has 2 aromatic rings. The van der Waals surface area contributed by atoms with Gasteiger partial charge in [-0.3, -0.25) is 14.4 Å². The molecule has 3 amide bonds. The van der Waals surface area contributed by atoms with Crippen LogP contribution < -0.4 is 24.8 Å². The van der Waals surface area contributed by atoms with Gasteiger partial charge in [-0.15, -0.1) is 0 Å². The lowest BCUT2D eigenvalue weighted by atomic mass is 9.74. The summed E-state index contributed by atoms with van der Waals surface area (Å²) in [6.45, 7) is 0.315. The van der Waals surface area contributed by atoms with Crippen molar-refractivity contribution in [2.75, 3.05) is 19.2 Å². The fourth-order valence-electron chi connectivity index (χ4n) is 7.10. The number of hydrogen-bond donors (Lipinski definition) is 2. The topological polar surface area (TPSA) is 115 Å². The van der Waals surface area contributed by atoms with Crippen molar-refractivity contribution in [3.05, 3.63) is 60.2 Å². The molecule has 5 aliphatic rings. The molecule has 1 saturated carbocycles. The van der Waals surface area contributed by atoms with Crippen molar-refractivity contribution in [2.24, 2.45) is 11.8 Å². The smallest absolute Gasteiger partial charge is 0.246 e. The van der Waals surface area contributed by atoms with Crippen LogP contribution in [0.15, 0.2) is 54.6 Å². The summed E-state index contributed by atoms with van der Waals surface area (Å²) in [5.74, 6) is -0.518. The van der Waals surface area contributed by atoms with Crippen LogP contribution in [0.1, 0.15) is 37.7 Å². The first-order valence-electron chi connectivity index (χ1n) is 14.3. The molecule has 2 saturated heterocycles. The highest BCUT2D eigenvalue weighted by atomic mass is 16.7. The van der Waals surface area contributed by atoms with Crippen LogP contribution >= 0.6 is 0 Å². The summed E-state index contributed by atoms with van der Waals surface area (Å²) in [5, 5.41) is 6.16. The van der Waals surface area contributed by atoms with Gasteiger partial charge in [0.2, 0.25) is 24.5 Å². The van der Waals surface area contributed by atoms with E-state index in [0.29, 0.717) is 22.9 Å². The molecule has 1 spiro atoms. The molecule has 3 unspecified atom stereocenters. The molecule has 0 radical (unpaired) electrons. The number of anilines is 1. The van der Waals surface area contributed by atoms with E-state index in [-0.39, 0.29) is 37.1 Å². The maximum Gasteiger partial charge on any atom is 0.246 e. The number of carbonyl (C=O) groups is 3. The number of carbonyl (C=O) groups excluding carboxylic acids is 3. The van der Waals surface area contributed by atoms with Crippen molar-refractivity contribution in [3.8, 4) is 17.2 Å². The molecule has 41 heavy (non-hydrogen) atoms. The lowest BCUT2D eigenvalue weighted by Gasteiger charge is -2.34. The zero-order valence-electron chi connectivity index (χ0n) is 22.8. The second-order valence-electron chi connectivity index (χ2n) is 11.4. The van der Waals surface area contributed by atoms with E-state index in [1.165, 1.54) is 0 Å². The molecule has 1 aliphatic carbocycles. The molecule has 2 aromatic carbocycles. The second kappa shape index (κ2) is 10.1. The van der Waals surface area contributed by atoms with E-state index in [4.69, 9.17) is 18.9 Å². The van der Waals surface area contributed by atoms with Crippen LogP contribution in [0.3, 0.4) is 0 Å². The fraction of sp³-hybridized carbons (Fsp3) is 0.452. The molecular weight excluding hydrogens is 526 g/mol. The Morgan fingerprint density at radius 3 is 2.59 bits per heavy atom. The number of benzene rings is 2. The summed E-state index contributed by atoms with van der Waals surface area (Å²) < 4.78 is 22.7. The maximum absolute atomic E-state index is 14.2. The van der Waals surface area contributed by atoms with Gasteiger partial charge in [0.1, 0.15) is 17.4 Å². The highest BCUT2D eigenvalue weighted by Gasteiger charge is 2.72. The van der Waals surface area contributed by atoms with Gasteiger partial charge in [-0.2, -0.15) is 0 Å². The first kappa shape index (κ1) is 25.9. The van der Waals surface area contributed by atoms with E-state index in [2.05, 4.69) is 10.6 Å². The van der Waals surface area contributed by atoms with Gasteiger partial charge < -0.3 is 34.5 Å². The quantitative estimate of drug-likeness (QED) is 0.501. The maximum atomic E-state index is 14.2. The highest BCUT2D eigenvalue weighted by molar-refractivity contribution is 6.02. The lowest BCUT2D eigenvalue weighted by molar-refractivity contribution is -0.142. The molecule has 5 atom stereocenters. The van der Waals surface area contributed by atoms with Crippen molar-refractivity contribution < 1.29 is 33.3 Å². The van der Waals surface area contributed by atoms with E-state index in [9.17, 15) is 14.4 Å². The van der Waals surface area contributed by atoms with Gasteiger partial charge in [0, 0.05) is 18.3 Å². The molecule has 3 fully saturated rings. The molecule has 214 valence electrons. The van der Waals surface area contributed by atoms with Crippen LogP contribution in [0.5, 0.6) is 17.2 Å². The van der Waals surface area contributed by atoms with Crippen LogP contribution in [-0.2, 0) is 25.7 Å². The number of rotatable bonds is 7. The van der Waals surface area contributed by atoms with Crippen molar-refractivity contribution in [2.45, 2.75) is 62.4 Å². The highest BCUT2D eigenvalue weighted by Crippen LogP contribution is 2.55. The first-order chi connectivity index (χ1) is 20.0. The predicted octanol–water partition coefficient (Wildman–Crippen LogP) is 3.16. The average molecular weight is 560 g/mol. The van der Waals surface area contributed by atoms with E-state index in [1.807, 2.05) is 30.4 Å². The largest absolute Gasteiger partial charge is 0.497 e. The molecule has 2 N–H and O–H groups in total. The van der Waals surface area contributed by atoms with Crippen LogP contribution in [-0.4, -0.2) is 60.3 Å². The summed E-state index contributed by atoms with van der Waals surface area (Å²) in [4.78, 5) is 43.5. The Kier molecular flexibility index (Phi) is 6.37. The van der Waals surface area contributed by atoms with Gasteiger partial charge in [-0.1, -0.05) is 37.5 Å². The lowest BCUT2D eigenvalue weighted by Crippen LogP contribution is -2.56. The molecule has 2 bridgehead atoms. The van der Waals surface area contributed by atoms with E-state index < -0.39 is 29.6 Å². The number of ether oxygens (including phenoxy) is 4. The summed E-state index contributed by atoms with van der Waals surface area (Å²) in [6.07, 6.45) is 8.18. The van der Waals surface area contributed by atoms with Crippen LogP contribution in [0, 0.1) is 11.8 Å². The molecule has 0 aromatic heterocycles. The summed E-state index contributed by atoms with van der Waals surface area (Å²) in [6, 6.07) is 11.7. The SMILES string of the molecule is COc1ccc(NC(=O)C2[C@@H]3C=CC4(O3)C(C(=O)NC3CCCCC3)N(Cc3ccc5c(c3)OCO5)C(=O)[C@H]24)cc1. The standard InChI is InChI=1S/C31H33N3O7/c1-38-21-10-8-20(9-11-21)32-28(35)25-23-13-14-31(41-23)26(25)30(37)34(16-18-7-12-22-24(15-18)40-17-39-22)27(31)29(36)33-19-5-3-2-4-6-19/h7-15,19,23,25-27H,2-6,16-17H2,1H3,(H,32,35)(H,33,36)/t23-,25?,26-,27?,31?/m0/s1. The van der Waals surface area contributed by atoms with Crippen molar-refractivity contribution in [1.29, 1.82) is 0 Å². The number of amides is 3. The molecular formula is C31H33N3O7. The zero-order valence-corrected chi connectivity index (χ0v) is 22.8. The molecule has 10 nitrogen and oxygen atoms in total. The van der Waals surface area contributed by atoms with E-state index in [1.54, 1.807) is 36.3 Å². The number of likely N-dealkylation sites (tertiary alicyclic amines) is 1. The molecule has 4 aliphatic heterocycles. The minimum atomic E-state index is -1.22. The Hall–Kier alpha value is -4.05. The molecule has 4 heterocycles. The third-order valence-electron chi connectivity index (χ3n) is 9.02. The number of methoxy groups -OCH3 is 1. The normalized spacial score (nSPS) is 29.5. The number of nitrogens with one attached hydrogen (secondary N) is 2. The monoisotopic (exact) mass is 559 g/mol. The Morgan fingerprint density at radius 2 is 1.80 bits per heavy atom. The zero-order chi connectivity index (χ0) is 28.1. The average Bonchev–Trinajstić information content (AvgIpc) is 3.75. The van der Waals surface area contributed by atoms with E-state index >= 15 is 0 Å². The van der Waals surface area contributed by atoms with Crippen molar-refractivity contribution in [3.63, 3.8) is 0 Å². The molecule has 7 rings (SSSR count). The Bertz CT molecular complexity index is 1400. The Balaban J connectivity index is 1.20. The fourth-order valence-corrected chi connectivity index (χ4v) is 7.10. The number of fused-ring (bicyclic) bond motifs is 2. The summed E-state index contributed by atoms with van der Waals surface area (Å²) in [5.41, 5.74) is 0.164. The van der Waals surface area contributed by atoms with Crippen LogP contribution in [0.4, 0.5) is 5.69 Å². The van der Waals surface area contributed by atoms with Gasteiger partial charge in [-0.05, 0) is 54.8 Å². The Labute approximate surface area is 238 Å². The van der Waals surface area contributed by atoms with Crippen molar-refractivity contribution >= 4 is 23.4 Å². The summed E-state index contributed by atoms with van der Waals surface area (Å²) in [7, 11) is 1.58. The van der Waals surface area contributed by atoms with Gasteiger partial charge >= 0.3 is 0 Å². The third-order valence-corrected chi connectivity index (χ3v) is 9.02. The van der Waals surface area contributed by atoms with E-state index in [0.717, 1.165) is 37.7 Å². The van der Waals surface area contributed by atoms with Gasteiger partial charge in [-0.25, -0.2) is 0 Å². The minimum Gasteiger partial charge on any atom is -0.497 e. The second-order valence-corrected chi connectivity index (χ2v) is 11.4. The van der Waals surface area contributed by atoms with Gasteiger partial charge in [0.25, 0.3) is 0 Å².